The molecule has 0 saturated heterocycles. The first-order valence-electron chi connectivity index (χ1n) is 29.6. The molecule has 0 aliphatic rings. The molecule has 75 heavy (non-hydrogen) atoms. The Kier molecular flexibility index (Phi) is 55.7. The van der Waals surface area contributed by atoms with E-state index in [-0.39, 0.29) is 12.5 Å². The van der Waals surface area contributed by atoms with Crippen molar-refractivity contribution in [3.8, 4) is 0 Å². The van der Waals surface area contributed by atoms with Crippen molar-refractivity contribution < 1.29 is 68.6 Å². The van der Waals surface area contributed by atoms with Crippen LogP contribution in [0.15, 0.2) is 0 Å². The highest BCUT2D eigenvalue weighted by Crippen LogP contribution is 2.26. The van der Waals surface area contributed by atoms with Crippen LogP contribution in [0.2, 0.25) is 0 Å². The van der Waals surface area contributed by atoms with E-state index in [1.54, 1.807) is 0 Å². The molecule has 0 amide bonds. The van der Waals surface area contributed by atoms with Gasteiger partial charge in [-0.05, 0) is 93.8 Å². The minimum Gasteiger partial charge on any atom is -0.726 e. The lowest BCUT2D eigenvalue weighted by Crippen LogP contribution is -2.21. The van der Waals surface area contributed by atoms with E-state index < -0.39 is 59.9 Å². The number of unbranched alkanes of at least 4 members (excludes halogenated alkanes) is 12. The molecule has 0 spiro atoms. The highest BCUT2D eigenvalue weighted by molar-refractivity contribution is 7.81. The first-order chi connectivity index (χ1) is 35.1. The third kappa shape index (κ3) is 64.2. The first kappa shape index (κ1) is 81.0. The summed E-state index contributed by atoms with van der Waals surface area (Å²) in [6.45, 7) is 25.4. The van der Waals surface area contributed by atoms with Crippen LogP contribution in [0.4, 0.5) is 0 Å². The highest BCUT2D eigenvalue weighted by atomic mass is 32.3. The molecule has 0 aromatic rings. The van der Waals surface area contributed by atoms with Crippen LogP contribution in [0.5, 0.6) is 0 Å². The van der Waals surface area contributed by atoms with Crippen molar-refractivity contribution in [1.29, 1.82) is 0 Å². The molecule has 0 bridgehead atoms. The van der Waals surface area contributed by atoms with Crippen LogP contribution < -0.4 is 0 Å². The van der Waals surface area contributed by atoms with Crippen LogP contribution in [-0.2, 0) is 58.3 Å². The van der Waals surface area contributed by atoms with E-state index in [9.17, 15) is 51.9 Å². The van der Waals surface area contributed by atoms with Gasteiger partial charge in [-0.25, -0.2) is 33.7 Å². The maximum Gasteiger partial charge on any atom is 0.217 e. The van der Waals surface area contributed by atoms with Gasteiger partial charge in [-0.15, -0.1) is 0 Å². The summed E-state index contributed by atoms with van der Waals surface area (Å²) in [6.07, 6.45) is 33.4. The molecule has 0 N–H and O–H groups in total. The molecule has 6 atom stereocenters. The van der Waals surface area contributed by atoms with Gasteiger partial charge in [-0.2, -0.15) is 0 Å². The lowest BCUT2D eigenvalue weighted by Gasteiger charge is -2.23. The summed E-state index contributed by atoms with van der Waals surface area (Å²) >= 11 is 0. The molecule has 20 heteroatoms. The molecule has 0 aliphatic heterocycles. The summed E-state index contributed by atoms with van der Waals surface area (Å²) in [4.78, 5) is 0. The fourth-order valence-electron chi connectivity index (χ4n) is 8.97. The Morgan fingerprint density at radius 3 is 0.933 bits per heavy atom. The van der Waals surface area contributed by atoms with E-state index >= 15 is 0 Å². The Balaban J connectivity index is -0.000000455. The zero-order valence-electron chi connectivity index (χ0n) is 49.5. The third-order valence-corrected chi connectivity index (χ3v) is 15.9. The summed E-state index contributed by atoms with van der Waals surface area (Å²) in [5, 5.41) is 0. The smallest absolute Gasteiger partial charge is 0.217 e. The molecule has 16 nitrogen and oxygen atoms in total. The van der Waals surface area contributed by atoms with Gasteiger partial charge in [-0.1, -0.05) is 237 Å². The van der Waals surface area contributed by atoms with Crippen LogP contribution in [0.3, 0.4) is 0 Å². The van der Waals surface area contributed by atoms with E-state index in [2.05, 4.69) is 74.9 Å². The predicted octanol–water partition coefficient (Wildman–Crippen LogP) is 15.5. The molecule has 0 fully saturated rings. The second kappa shape index (κ2) is 51.6. The van der Waals surface area contributed by atoms with Crippen LogP contribution in [0, 0.1) is 29.6 Å². The molecule has 0 aromatic carbocycles. The highest BCUT2D eigenvalue weighted by Gasteiger charge is 2.19. The Morgan fingerprint density at radius 2 is 0.600 bits per heavy atom. The maximum absolute atomic E-state index is 10.9. The fourth-order valence-corrected chi connectivity index (χ4v) is 10.9. The summed E-state index contributed by atoms with van der Waals surface area (Å²) in [5.41, 5.74) is 0. The normalized spacial score (nSPS) is 14.7. The fraction of sp³-hybridized carbons (Fsp3) is 1.00. The van der Waals surface area contributed by atoms with Crippen molar-refractivity contribution in [2.24, 2.45) is 29.6 Å². The van der Waals surface area contributed by atoms with Crippen molar-refractivity contribution in [3.63, 3.8) is 0 Å². The zero-order valence-corrected chi connectivity index (χ0v) is 52.8. The van der Waals surface area contributed by atoms with E-state index in [4.69, 9.17) is 4.18 Å². The van der Waals surface area contributed by atoms with Gasteiger partial charge in [0.15, 0.2) is 0 Å². The molecule has 458 valence electrons. The number of hydrogen-bond acceptors (Lipinski definition) is 16. The van der Waals surface area contributed by atoms with Gasteiger partial charge in [-0.3, -0.25) is 16.7 Å². The average Bonchev–Trinajstić information content (AvgIpc) is 3.31. The molecular formula is C55H114O16S4-4. The lowest BCUT2D eigenvalue weighted by atomic mass is 9.90. The van der Waals surface area contributed by atoms with Gasteiger partial charge < -0.3 is 18.2 Å². The molecular weight excluding hydrogens is 1040 g/mol. The van der Waals surface area contributed by atoms with Gasteiger partial charge in [0.25, 0.3) is 0 Å². The molecule has 0 saturated carbocycles. The largest absolute Gasteiger partial charge is 0.726 e. The van der Waals surface area contributed by atoms with Gasteiger partial charge in [0.2, 0.25) is 41.6 Å². The molecule has 0 radical (unpaired) electrons. The number of hydrogen-bond donors (Lipinski definition) is 0. The second-order valence-electron chi connectivity index (χ2n) is 21.1. The Bertz CT molecular complexity index is 1680. The summed E-state index contributed by atoms with van der Waals surface area (Å²) in [6, 6.07) is 0. The van der Waals surface area contributed by atoms with Gasteiger partial charge in [0.1, 0.15) is 0 Å². The summed E-state index contributed by atoms with van der Waals surface area (Å²) in [5.74, 6) is 2.30. The van der Waals surface area contributed by atoms with Gasteiger partial charge >= 0.3 is 0 Å². The van der Waals surface area contributed by atoms with Crippen molar-refractivity contribution in [1.82, 2.24) is 0 Å². The number of rotatable bonds is 47. The third-order valence-electron chi connectivity index (χ3n) is 13.9. The topological polar surface area (TPSA) is 266 Å². The van der Waals surface area contributed by atoms with Crippen LogP contribution >= 0.6 is 0 Å². The average molecular weight is 1160 g/mol. The maximum atomic E-state index is 10.9. The van der Waals surface area contributed by atoms with E-state index in [0.29, 0.717) is 62.2 Å². The summed E-state index contributed by atoms with van der Waals surface area (Å²) < 4.78 is 146. The summed E-state index contributed by atoms with van der Waals surface area (Å²) in [7, 11) is -18.3. The quantitative estimate of drug-likeness (QED) is 0.0311. The SMILES string of the molecule is CCCCC(CC)CCC(CC(C)C)OS(=O)(=O)[O-].CCCCC(CC)CCC(CCC(CC)CC)OS(=O)(=O)[O-].CCCCC(CC)COS(=O)(=O)[O-].CCCCCCCCCC(CCCCCC)OS(=O)(=O)[O-]. The van der Waals surface area contributed by atoms with Crippen LogP contribution in [0.25, 0.3) is 0 Å². The van der Waals surface area contributed by atoms with E-state index in [0.717, 1.165) is 109 Å². The molecule has 0 aliphatic carbocycles. The zero-order chi connectivity index (χ0) is 58.2. The Morgan fingerprint density at radius 1 is 0.307 bits per heavy atom. The van der Waals surface area contributed by atoms with Crippen molar-refractivity contribution in [2.75, 3.05) is 6.61 Å². The standard InChI is InChI=1S/C17H36O4S.C16H34O4S.C14H30O4S.C8H18O4S/c1-5-9-10-16(8-4)12-14-17(21-22(18,19)20)13-11-15(6-2)7-3;1-3-5-7-9-10-11-13-15-16(20-21(17,18)19)14-12-8-6-4-2;1-5-7-8-13(6-2)9-10-14(11-12(3)4)18-19(15,16)17;1-3-5-6-8(4-2)7-12-13(9,10)11/h15-17H,5-14H2,1-4H3,(H,18,19,20);16H,3-15H2,1-2H3,(H,17,18,19);12-14H,5-11H2,1-4H3,(H,15,16,17);8H,3-7H2,1-2H3,(H,9,10,11)/p-4. The Labute approximate surface area is 463 Å². The Hall–Kier alpha value is -0.520. The molecule has 6 unspecified atom stereocenters. The van der Waals surface area contributed by atoms with E-state index in [1.807, 2.05) is 20.8 Å². The lowest BCUT2D eigenvalue weighted by molar-refractivity contribution is 0.138. The van der Waals surface area contributed by atoms with Crippen LogP contribution in [-0.4, -0.2) is 76.8 Å². The predicted molar refractivity (Wildman–Crippen MR) is 302 cm³/mol. The van der Waals surface area contributed by atoms with Crippen molar-refractivity contribution in [2.45, 2.75) is 320 Å². The van der Waals surface area contributed by atoms with Gasteiger partial charge in [0.05, 0.1) is 24.9 Å². The van der Waals surface area contributed by atoms with Crippen molar-refractivity contribution >= 4 is 41.6 Å². The van der Waals surface area contributed by atoms with E-state index in [1.165, 1.54) is 70.6 Å². The minimum absolute atomic E-state index is 0.0301. The van der Waals surface area contributed by atoms with Gasteiger partial charge in [0, 0.05) is 0 Å². The molecule has 0 rings (SSSR count). The molecule has 0 aromatic heterocycles. The minimum atomic E-state index is -4.61. The van der Waals surface area contributed by atoms with Crippen LogP contribution in [0.1, 0.15) is 301 Å². The monoisotopic (exact) mass is 1160 g/mol. The molecule has 0 heterocycles. The van der Waals surface area contributed by atoms with Crippen molar-refractivity contribution in [3.05, 3.63) is 0 Å². The first-order valence-corrected chi connectivity index (χ1v) is 35.0. The second-order valence-corrected chi connectivity index (χ2v) is 25.2.